The van der Waals surface area contributed by atoms with Crippen molar-refractivity contribution in [3.05, 3.63) is 11.1 Å². The van der Waals surface area contributed by atoms with Crippen LogP contribution in [0.4, 0.5) is 0 Å². The molecule has 0 radical (unpaired) electrons. The van der Waals surface area contributed by atoms with E-state index in [0.717, 1.165) is 5.69 Å². The molecule has 4 heteroatoms. The van der Waals surface area contributed by atoms with Crippen molar-refractivity contribution in [2.45, 2.75) is 43.5 Å². The highest BCUT2D eigenvalue weighted by molar-refractivity contribution is 8.00. The van der Waals surface area contributed by atoms with Crippen LogP contribution in [0.3, 0.4) is 0 Å². The fraction of sp³-hybridized carbons (Fsp3) is 0.727. The summed E-state index contributed by atoms with van der Waals surface area (Å²) in [6.45, 7) is 4.28. The van der Waals surface area contributed by atoms with Crippen LogP contribution in [0.5, 0.6) is 0 Å². The van der Waals surface area contributed by atoms with Gasteiger partial charge in [0, 0.05) is 22.9 Å². The van der Waals surface area contributed by atoms with Gasteiger partial charge in [-0.3, -0.25) is 0 Å². The average Bonchev–Trinajstić information content (AvgIpc) is 2.65. The van der Waals surface area contributed by atoms with Gasteiger partial charge in [0.15, 0.2) is 0 Å². The van der Waals surface area contributed by atoms with Crippen LogP contribution < -0.4 is 5.32 Å². The molecule has 0 bridgehead atoms. The maximum absolute atomic E-state index is 4.43. The second-order valence-corrected chi connectivity index (χ2v) is 5.84. The second-order valence-electron chi connectivity index (χ2n) is 3.64. The summed E-state index contributed by atoms with van der Waals surface area (Å²) in [7, 11) is 2.05. The van der Waals surface area contributed by atoms with Crippen molar-refractivity contribution >= 4 is 23.1 Å². The van der Waals surface area contributed by atoms with Gasteiger partial charge >= 0.3 is 0 Å². The normalized spacial score (nSPS) is 13.0. The van der Waals surface area contributed by atoms with E-state index in [1.165, 1.54) is 29.4 Å². The fourth-order valence-electron chi connectivity index (χ4n) is 1.44. The van der Waals surface area contributed by atoms with Crippen LogP contribution in [-0.2, 0) is 0 Å². The Kier molecular flexibility index (Phi) is 6.29. The summed E-state index contributed by atoms with van der Waals surface area (Å²) in [5.74, 6) is 1.19. The molecule has 0 saturated heterocycles. The second kappa shape index (κ2) is 7.25. The van der Waals surface area contributed by atoms with E-state index in [1.807, 2.05) is 18.8 Å². The molecular formula is C11H20N2S2. The van der Waals surface area contributed by atoms with Crippen LogP contribution in [0.15, 0.2) is 9.72 Å². The van der Waals surface area contributed by atoms with E-state index in [9.17, 15) is 0 Å². The van der Waals surface area contributed by atoms with Crippen molar-refractivity contribution < 1.29 is 0 Å². The Morgan fingerprint density at radius 2 is 2.40 bits per heavy atom. The number of thioether (sulfide) groups is 1. The van der Waals surface area contributed by atoms with Crippen molar-refractivity contribution in [2.75, 3.05) is 12.8 Å². The smallest absolute Gasteiger partial charge is 0.150 e. The third-order valence-electron chi connectivity index (χ3n) is 2.42. The molecular weight excluding hydrogens is 224 g/mol. The molecule has 0 fully saturated rings. The van der Waals surface area contributed by atoms with Gasteiger partial charge in [0.05, 0.1) is 0 Å². The fourth-order valence-corrected chi connectivity index (χ4v) is 3.32. The minimum atomic E-state index is 0.684. The highest BCUT2D eigenvalue weighted by atomic mass is 32.2. The van der Waals surface area contributed by atoms with E-state index in [0.29, 0.717) is 6.04 Å². The lowest BCUT2D eigenvalue weighted by atomic mass is 10.1. The van der Waals surface area contributed by atoms with Crippen LogP contribution >= 0.6 is 23.1 Å². The Labute approximate surface area is 101 Å². The Bertz CT molecular complexity index is 269. The van der Waals surface area contributed by atoms with Gasteiger partial charge in [-0.2, -0.15) is 0 Å². The summed E-state index contributed by atoms with van der Waals surface area (Å²) in [6.07, 6.45) is 3.75. The first-order valence-corrected chi connectivity index (χ1v) is 7.35. The number of aromatic nitrogens is 1. The van der Waals surface area contributed by atoms with E-state index in [4.69, 9.17) is 0 Å². The van der Waals surface area contributed by atoms with E-state index in [1.54, 1.807) is 11.3 Å². The molecule has 1 aromatic heterocycles. The van der Waals surface area contributed by atoms with E-state index >= 15 is 0 Å². The highest BCUT2D eigenvalue weighted by Crippen LogP contribution is 2.23. The molecule has 0 aromatic carbocycles. The Morgan fingerprint density at radius 3 is 2.93 bits per heavy atom. The van der Waals surface area contributed by atoms with E-state index in [2.05, 4.69) is 29.5 Å². The lowest BCUT2D eigenvalue weighted by molar-refractivity contribution is 0.504. The molecule has 86 valence electrons. The third kappa shape index (κ3) is 5.00. The molecule has 1 aromatic rings. The molecule has 0 aliphatic carbocycles. The Morgan fingerprint density at radius 1 is 1.60 bits per heavy atom. The quantitative estimate of drug-likeness (QED) is 0.588. The zero-order valence-corrected chi connectivity index (χ0v) is 11.4. The molecule has 2 nitrogen and oxygen atoms in total. The van der Waals surface area contributed by atoms with Crippen molar-refractivity contribution in [2.24, 2.45) is 0 Å². The van der Waals surface area contributed by atoms with E-state index < -0.39 is 0 Å². The summed E-state index contributed by atoms with van der Waals surface area (Å²) < 4.78 is 1.21. The standard InChI is InChI=1S/C11H20N2S2/c1-4-10(12-3)6-5-7-14-11-13-9(2)8-15-11/h8,10,12H,4-7H2,1-3H3. The molecule has 15 heavy (non-hydrogen) atoms. The molecule has 0 aliphatic heterocycles. The Hall–Kier alpha value is -0.0600. The molecule has 0 spiro atoms. The molecule has 0 saturated carbocycles. The summed E-state index contributed by atoms with van der Waals surface area (Å²) >= 11 is 3.64. The minimum Gasteiger partial charge on any atom is -0.317 e. The van der Waals surface area contributed by atoms with Gasteiger partial charge in [-0.25, -0.2) is 4.98 Å². The van der Waals surface area contributed by atoms with Gasteiger partial charge in [0.2, 0.25) is 0 Å². The van der Waals surface area contributed by atoms with Crippen molar-refractivity contribution in [3.63, 3.8) is 0 Å². The minimum absolute atomic E-state index is 0.684. The van der Waals surface area contributed by atoms with Crippen molar-refractivity contribution in [3.8, 4) is 0 Å². The van der Waals surface area contributed by atoms with Gasteiger partial charge < -0.3 is 5.32 Å². The van der Waals surface area contributed by atoms with Gasteiger partial charge in [0.25, 0.3) is 0 Å². The largest absolute Gasteiger partial charge is 0.317 e. The zero-order valence-electron chi connectivity index (χ0n) is 9.75. The molecule has 1 heterocycles. The third-order valence-corrected chi connectivity index (χ3v) is 4.65. The van der Waals surface area contributed by atoms with Crippen molar-refractivity contribution in [1.29, 1.82) is 0 Å². The summed E-state index contributed by atoms with van der Waals surface area (Å²) in [5.41, 5.74) is 1.14. The Balaban J connectivity index is 2.11. The molecule has 0 aliphatic rings. The first-order valence-electron chi connectivity index (χ1n) is 5.48. The van der Waals surface area contributed by atoms with Gasteiger partial charge in [-0.1, -0.05) is 18.7 Å². The van der Waals surface area contributed by atoms with E-state index in [-0.39, 0.29) is 0 Å². The summed E-state index contributed by atoms with van der Waals surface area (Å²) in [6, 6.07) is 0.684. The maximum atomic E-state index is 4.43. The van der Waals surface area contributed by atoms with Crippen LogP contribution in [-0.4, -0.2) is 23.8 Å². The van der Waals surface area contributed by atoms with Gasteiger partial charge in [-0.05, 0) is 33.2 Å². The zero-order chi connectivity index (χ0) is 11.1. The number of hydrogen-bond donors (Lipinski definition) is 1. The van der Waals surface area contributed by atoms with Crippen LogP contribution in [0.2, 0.25) is 0 Å². The topological polar surface area (TPSA) is 24.9 Å². The number of nitrogens with one attached hydrogen (secondary N) is 1. The number of nitrogens with zero attached hydrogens (tertiary/aromatic N) is 1. The first kappa shape index (κ1) is 13.0. The summed E-state index contributed by atoms with van der Waals surface area (Å²) in [5, 5.41) is 5.45. The summed E-state index contributed by atoms with van der Waals surface area (Å²) in [4.78, 5) is 4.43. The molecule has 1 rings (SSSR count). The van der Waals surface area contributed by atoms with Crippen molar-refractivity contribution in [1.82, 2.24) is 10.3 Å². The molecule has 1 atom stereocenters. The predicted molar refractivity (Wildman–Crippen MR) is 69.9 cm³/mol. The van der Waals surface area contributed by atoms with Gasteiger partial charge in [-0.15, -0.1) is 11.3 Å². The van der Waals surface area contributed by atoms with Crippen LogP contribution in [0.25, 0.3) is 0 Å². The predicted octanol–water partition coefficient (Wildman–Crippen LogP) is 3.32. The molecule has 1 unspecified atom stereocenters. The molecule has 0 amide bonds. The monoisotopic (exact) mass is 244 g/mol. The first-order chi connectivity index (χ1) is 7.26. The number of thiazole rings is 1. The lowest BCUT2D eigenvalue weighted by Gasteiger charge is -2.12. The van der Waals surface area contributed by atoms with Gasteiger partial charge in [0.1, 0.15) is 4.34 Å². The average molecular weight is 244 g/mol. The number of hydrogen-bond acceptors (Lipinski definition) is 4. The number of rotatable bonds is 7. The maximum Gasteiger partial charge on any atom is 0.150 e. The highest BCUT2D eigenvalue weighted by Gasteiger charge is 2.03. The molecule has 1 N–H and O–H groups in total. The van der Waals surface area contributed by atoms with Crippen LogP contribution in [0.1, 0.15) is 31.9 Å². The lowest BCUT2D eigenvalue weighted by Crippen LogP contribution is -2.23. The van der Waals surface area contributed by atoms with Crippen LogP contribution in [0, 0.1) is 6.92 Å². The SMILES string of the molecule is CCC(CCCSc1nc(C)cs1)NC. The number of aryl methyl sites for hydroxylation is 1.